The van der Waals surface area contributed by atoms with Gasteiger partial charge >= 0.3 is 5.97 Å². The van der Waals surface area contributed by atoms with Gasteiger partial charge in [-0.25, -0.2) is 13.2 Å². The Morgan fingerprint density at radius 3 is 2.18 bits per heavy atom. The second-order valence-electron chi connectivity index (χ2n) is 8.09. The van der Waals surface area contributed by atoms with Crippen LogP contribution in [-0.4, -0.2) is 26.4 Å². The molecule has 0 heterocycles. The zero-order chi connectivity index (χ0) is 24.9. The molecule has 2 N–H and O–H groups in total. The molecule has 7 nitrogen and oxygen atoms in total. The molecule has 3 aromatic rings. The van der Waals surface area contributed by atoms with Crippen molar-refractivity contribution in [3.05, 3.63) is 95.1 Å². The van der Waals surface area contributed by atoms with Gasteiger partial charge in [-0.15, -0.1) is 0 Å². The first kappa shape index (κ1) is 25.0. The summed E-state index contributed by atoms with van der Waals surface area (Å²) in [5.41, 5.74) is 2.74. The van der Waals surface area contributed by atoms with E-state index >= 15 is 0 Å². The van der Waals surface area contributed by atoms with E-state index in [9.17, 15) is 18.0 Å². The maximum Gasteiger partial charge on any atom is 0.339 e. The lowest BCUT2D eigenvalue weighted by Gasteiger charge is -2.19. The third-order valence-corrected chi connectivity index (χ3v) is 6.80. The van der Waals surface area contributed by atoms with Gasteiger partial charge in [0.25, 0.3) is 15.9 Å². The lowest BCUT2D eigenvalue weighted by Crippen LogP contribution is -2.37. The van der Waals surface area contributed by atoms with Crippen LogP contribution in [0, 0.1) is 13.8 Å². The molecule has 178 valence electrons. The predicted molar refractivity (Wildman–Crippen MR) is 131 cm³/mol. The van der Waals surface area contributed by atoms with Gasteiger partial charge in [0.2, 0.25) is 0 Å². The van der Waals surface area contributed by atoms with Crippen LogP contribution in [0.2, 0.25) is 0 Å². The van der Waals surface area contributed by atoms with Crippen LogP contribution in [0.3, 0.4) is 0 Å². The molecular weight excluding hydrogens is 452 g/mol. The average Bonchev–Trinajstić information content (AvgIpc) is 2.81. The van der Waals surface area contributed by atoms with Crippen LogP contribution in [0.1, 0.15) is 46.9 Å². The third kappa shape index (κ3) is 6.02. The van der Waals surface area contributed by atoms with Gasteiger partial charge < -0.3 is 10.1 Å². The maximum absolute atomic E-state index is 12.9. The van der Waals surface area contributed by atoms with Crippen molar-refractivity contribution in [2.45, 2.75) is 44.7 Å². The topological polar surface area (TPSA) is 102 Å². The Morgan fingerprint density at radius 2 is 1.50 bits per heavy atom. The zero-order valence-electron chi connectivity index (χ0n) is 19.5. The molecule has 34 heavy (non-hydrogen) atoms. The van der Waals surface area contributed by atoms with Gasteiger partial charge in [-0.2, -0.15) is 0 Å². The highest BCUT2D eigenvalue weighted by molar-refractivity contribution is 7.92. The number of hydrogen-bond acceptors (Lipinski definition) is 5. The Bertz CT molecular complexity index is 1290. The molecule has 0 saturated carbocycles. The fourth-order valence-electron chi connectivity index (χ4n) is 3.31. The van der Waals surface area contributed by atoms with Crippen molar-refractivity contribution in [2.24, 2.45) is 0 Å². The summed E-state index contributed by atoms with van der Waals surface area (Å²) >= 11 is 0. The van der Waals surface area contributed by atoms with Crippen molar-refractivity contribution in [1.29, 1.82) is 0 Å². The highest BCUT2D eigenvalue weighted by Gasteiger charge is 2.24. The zero-order valence-corrected chi connectivity index (χ0v) is 20.3. The molecule has 0 radical (unpaired) electrons. The second kappa shape index (κ2) is 10.5. The fourth-order valence-corrected chi connectivity index (χ4v) is 4.47. The van der Waals surface area contributed by atoms with E-state index in [0.29, 0.717) is 11.3 Å². The average molecular weight is 481 g/mol. The molecule has 0 aromatic heterocycles. The Labute approximate surface area is 200 Å². The maximum atomic E-state index is 12.9. The van der Waals surface area contributed by atoms with E-state index in [4.69, 9.17) is 4.74 Å². The van der Waals surface area contributed by atoms with Crippen molar-refractivity contribution < 1.29 is 22.7 Å². The first-order chi connectivity index (χ1) is 16.1. The summed E-state index contributed by atoms with van der Waals surface area (Å²) < 4.78 is 33.7. The van der Waals surface area contributed by atoms with Gasteiger partial charge in [-0.05, 0) is 62.6 Å². The summed E-state index contributed by atoms with van der Waals surface area (Å²) in [5.74, 6) is -1.23. The highest BCUT2D eigenvalue weighted by Crippen LogP contribution is 2.22. The van der Waals surface area contributed by atoms with Crippen LogP contribution in [0.15, 0.2) is 77.7 Å². The molecule has 2 atom stereocenters. The number of anilines is 1. The number of esters is 1. The number of ether oxygens (including phenoxy) is 1. The summed E-state index contributed by atoms with van der Waals surface area (Å²) in [6, 6.07) is 20.4. The summed E-state index contributed by atoms with van der Waals surface area (Å²) in [5, 5.41) is 2.81. The molecule has 0 saturated heterocycles. The molecule has 8 heteroatoms. The summed E-state index contributed by atoms with van der Waals surface area (Å²) in [6.45, 7) is 6.77. The normalized spacial score (nSPS) is 12.9. The van der Waals surface area contributed by atoms with Crippen LogP contribution in [0.25, 0.3) is 0 Å². The standard InChI is InChI=1S/C26H28N2O5S/c1-17-14-15-22(34(31,32)28-24-13-9-8-10-18(24)2)16-23(17)26(30)33-20(4)25(29)27-19(3)21-11-6-5-7-12-21/h5-16,19-20,28H,1-4H3,(H,27,29)/t19-,20+/m0/s1. The molecule has 3 rings (SSSR count). The molecular formula is C26H28N2O5S. The lowest BCUT2D eigenvalue weighted by atomic mass is 10.1. The first-order valence-corrected chi connectivity index (χ1v) is 12.3. The Balaban J connectivity index is 1.73. The number of hydrogen-bond donors (Lipinski definition) is 2. The van der Waals surface area contributed by atoms with Crippen LogP contribution in [0.5, 0.6) is 0 Å². The van der Waals surface area contributed by atoms with E-state index in [1.165, 1.54) is 25.1 Å². The molecule has 0 aliphatic carbocycles. The SMILES string of the molecule is Cc1ccccc1NS(=O)(=O)c1ccc(C)c(C(=O)O[C@H](C)C(=O)N[C@@H](C)c2ccccc2)c1. The van der Waals surface area contributed by atoms with Crippen molar-refractivity contribution in [3.8, 4) is 0 Å². The van der Waals surface area contributed by atoms with Gasteiger partial charge in [0, 0.05) is 0 Å². The number of benzene rings is 3. The number of aryl methyl sites for hydroxylation is 2. The number of amides is 1. The first-order valence-electron chi connectivity index (χ1n) is 10.8. The van der Waals surface area contributed by atoms with Crippen LogP contribution in [0.4, 0.5) is 5.69 Å². The van der Waals surface area contributed by atoms with Gasteiger partial charge in [-0.1, -0.05) is 54.6 Å². The van der Waals surface area contributed by atoms with Crippen molar-refractivity contribution in [1.82, 2.24) is 5.32 Å². The molecule has 0 spiro atoms. The largest absolute Gasteiger partial charge is 0.449 e. The summed E-state index contributed by atoms with van der Waals surface area (Å²) in [6.07, 6.45) is -1.07. The number of sulfonamides is 1. The fraction of sp³-hybridized carbons (Fsp3) is 0.231. The monoisotopic (exact) mass is 480 g/mol. The molecule has 3 aromatic carbocycles. The molecule has 0 aliphatic heterocycles. The molecule has 1 amide bonds. The summed E-state index contributed by atoms with van der Waals surface area (Å²) in [7, 11) is -3.94. The Kier molecular flexibility index (Phi) is 7.73. The second-order valence-corrected chi connectivity index (χ2v) is 9.77. The van der Waals surface area contributed by atoms with Crippen molar-refractivity contribution >= 4 is 27.6 Å². The van der Waals surface area contributed by atoms with E-state index in [1.54, 1.807) is 32.0 Å². The van der Waals surface area contributed by atoms with E-state index in [1.807, 2.05) is 43.3 Å². The number of carbonyl (C=O) groups is 2. The number of rotatable bonds is 8. The Morgan fingerprint density at radius 1 is 0.853 bits per heavy atom. The minimum atomic E-state index is -3.94. The number of carbonyl (C=O) groups excluding carboxylic acids is 2. The molecule has 0 unspecified atom stereocenters. The number of para-hydroxylation sites is 1. The number of nitrogens with one attached hydrogen (secondary N) is 2. The minimum Gasteiger partial charge on any atom is -0.449 e. The lowest BCUT2D eigenvalue weighted by molar-refractivity contribution is -0.129. The molecule has 0 aliphatic rings. The van der Waals surface area contributed by atoms with Gasteiger partial charge in [-0.3, -0.25) is 9.52 Å². The van der Waals surface area contributed by atoms with Crippen molar-refractivity contribution in [3.63, 3.8) is 0 Å². The van der Waals surface area contributed by atoms with Gasteiger partial charge in [0.05, 0.1) is 22.2 Å². The van der Waals surface area contributed by atoms with Crippen molar-refractivity contribution in [2.75, 3.05) is 4.72 Å². The smallest absolute Gasteiger partial charge is 0.339 e. The van der Waals surface area contributed by atoms with E-state index in [0.717, 1.165) is 11.1 Å². The molecule has 0 bridgehead atoms. The van der Waals surface area contributed by atoms with Crippen LogP contribution >= 0.6 is 0 Å². The Hall–Kier alpha value is -3.65. The van der Waals surface area contributed by atoms with E-state index < -0.39 is 28.0 Å². The van der Waals surface area contributed by atoms with Crippen LogP contribution in [-0.2, 0) is 19.6 Å². The van der Waals surface area contributed by atoms with Gasteiger partial charge in [0.1, 0.15) is 0 Å². The predicted octanol–water partition coefficient (Wildman–Crippen LogP) is 4.53. The van der Waals surface area contributed by atoms with E-state index in [-0.39, 0.29) is 16.5 Å². The third-order valence-electron chi connectivity index (χ3n) is 5.44. The van der Waals surface area contributed by atoms with Crippen LogP contribution < -0.4 is 10.0 Å². The molecule has 0 fully saturated rings. The quantitative estimate of drug-likeness (QED) is 0.462. The minimum absolute atomic E-state index is 0.0726. The summed E-state index contributed by atoms with van der Waals surface area (Å²) in [4.78, 5) is 25.3. The highest BCUT2D eigenvalue weighted by atomic mass is 32.2. The van der Waals surface area contributed by atoms with E-state index in [2.05, 4.69) is 10.0 Å². The van der Waals surface area contributed by atoms with Gasteiger partial charge in [0.15, 0.2) is 6.10 Å².